The number of hydrogen-bond acceptors (Lipinski definition) is 2. The summed E-state index contributed by atoms with van der Waals surface area (Å²) in [5, 5.41) is 2.07. The normalized spacial score (nSPS) is 15.2. The highest BCUT2D eigenvalue weighted by molar-refractivity contribution is 5.46. The average Bonchev–Trinajstić information content (AvgIpc) is 1.83. The molecule has 1 unspecified atom stereocenters. The van der Waals surface area contributed by atoms with E-state index < -0.39 is 18.0 Å². The van der Waals surface area contributed by atoms with Crippen LogP contribution in [-0.4, -0.2) is 24.4 Å². The molecule has 0 fully saturated rings. The van der Waals surface area contributed by atoms with Crippen molar-refractivity contribution < 1.29 is 22.7 Å². The lowest BCUT2D eigenvalue weighted by atomic mass is 10.1. The summed E-state index contributed by atoms with van der Waals surface area (Å²) in [5.41, 5.74) is -2.26. The molecule has 6 heteroatoms. The third-order valence-electron chi connectivity index (χ3n) is 1.46. The first-order valence-corrected chi connectivity index (χ1v) is 3.65. The maximum Gasteiger partial charge on any atom is 0.416 e. The summed E-state index contributed by atoms with van der Waals surface area (Å²) in [6.45, 7) is 3.12. The molecular formula is C7H12F3NO2. The number of ether oxygens (including phenoxy) is 1. The molecule has 0 aliphatic heterocycles. The van der Waals surface area contributed by atoms with Gasteiger partial charge in [-0.1, -0.05) is 0 Å². The quantitative estimate of drug-likeness (QED) is 0.549. The second kappa shape index (κ2) is 3.95. The SMILES string of the molecule is CC(NC=O)OC(C)(C)C(F)(F)F. The van der Waals surface area contributed by atoms with Gasteiger partial charge in [-0.15, -0.1) is 0 Å². The summed E-state index contributed by atoms with van der Waals surface area (Å²) >= 11 is 0. The van der Waals surface area contributed by atoms with Gasteiger partial charge in [0.15, 0.2) is 5.60 Å². The van der Waals surface area contributed by atoms with Crippen LogP contribution in [0.3, 0.4) is 0 Å². The molecule has 0 aromatic rings. The van der Waals surface area contributed by atoms with Crippen molar-refractivity contribution in [1.82, 2.24) is 5.32 Å². The molecule has 1 amide bonds. The molecule has 0 saturated carbocycles. The third kappa shape index (κ3) is 3.63. The van der Waals surface area contributed by atoms with Crippen LogP contribution in [0, 0.1) is 0 Å². The molecule has 0 spiro atoms. The van der Waals surface area contributed by atoms with E-state index in [2.05, 4.69) is 10.1 Å². The first-order chi connectivity index (χ1) is 5.70. The molecular weight excluding hydrogens is 187 g/mol. The summed E-state index contributed by atoms with van der Waals surface area (Å²) < 4.78 is 41.2. The Balaban J connectivity index is 4.24. The van der Waals surface area contributed by atoms with E-state index in [9.17, 15) is 18.0 Å². The van der Waals surface area contributed by atoms with Crippen LogP contribution in [0.25, 0.3) is 0 Å². The fourth-order valence-corrected chi connectivity index (χ4v) is 0.639. The number of hydrogen-bond donors (Lipinski definition) is 1. The van der Waals surface area contributed by atoms with Crippen molar-refractivity contribution in [2.75, 3.05) is 0 Å². The number of amides is 1. The maximum atomic E-state index is 12.2. The standard InChI is InChI=1S/C7H12F3NO2/c1-5(11-4-12)13-6(2,3)7(8,9)10/h4-5H,1-3H3,(H,11,12). The largest absolute Gasteiger partial charge is 0.416 e. The van der Waals surface area contributed by atoms with E-state index in [1.807, 2.05) is 0 Å². The fourth-order valence-electron chi connectivity index (χ4n) is 0.639. The first kappa shape index (κ1) is 12.2. The van der Waals surface area contributed by atoms with Crippen molar-refractivity contribution in [3.8, 4) is 0 Å². The molecule has 1 N–H and O–H groups in total. The average molecular weight is 199 g/mol. The highest BCUT2D eigenvalue weighted by Crippen LogP contribution is 2.33. The van der Waals surface area contributed by atoms with Gasteiger partial charge in [0.05, 0.1) is 0 Å². The van der Waals surface area contributed by atoms with Crippen molar-refractivity contribution in [3.63, 3.8) is 0 Å². The van der Waals surface area contributed by atoms with Gasteiger partial charge in [0.1, 0.15) is 6.23 Å². The molecule has 0 saturated heterocycles. The van der Waals surface area contributed by atoms with E-state index in [4.69, 9.17) is 0 Å². The van der Waals surface area contributed by atoms with Crippen LogP contribution in [0.2, 0.25) is 0 Å². The Morgan fingerprint density at radius 1 is 1.38 bits per heavy atom. The molecule has 0 aliphatic carbocycles. The Morgan fingerprint density at radius 2 is 1.85 bits per heavy atom. The molecule has 0 aliphatic rings. The lowest BCUT2D eigenvalue weighted by Gasteiger charge is -2.30. The summed E-state index contributed by atoms with van der Waals surface area (Å²) in [5.74, 6) is 0. The summed E-state index contributed by atoms with van der Waals surface area (Å²) in [6.07, 6.45) is -5.13. The van der Waals surface area contributed by atoms with Gasteiger partial charge < -0.3 is 10.1 Å². The monoisotopic (exact) mass is 199 g/mol. The van der Waals surface area contributed by atoms with Gasteiger partial charge in [0.2, 0.25) is 6.41 Å². The zero-order valence-electron chi connectivity index (χ0n) is 7.61. The predicted molar refractivity (Wildman–Crippen MR) is 39.9 cm³/mol. The molecule has 1 atom stereocenters. The van der Waals surface area contributed by atoms with Crippen molar-refractivity contribution >= 4 is 6.41 Å². The van der Waals surface area contributed by atoms with Gasteiger partial charge in [-0.3, -0.25) is 4.79 Å². The van der Waals surface area contributed by atoms with Crippen LogP contribution in [-0.2, 0) is 9.53 Å². The van der Waals surface area contributed by atoms with Gasteiger partial charge in [-0.05, 0) is 20.8 Å². The van der Waals surface area contributed by atoms with Crippen molar-refractivity contribution in [2.45, 2.75) is 38.8 Å². The maximum absolute atomic E-state index is 12.2. The highest BCUT2D eigenvalue weighted by Gasteiger charge is 2.49. The van der Waals surface area contributed by atoms with Crippen molar-refractivity contribution in [2.24, 2.45) is 0 Å². The zero-order chi connectivity index (χ0) is 10.7. The zero-order valence-corrected chi connectivity index (χ0v) is 7.61. The van der Waals surface area contributed by atoms with Crippen LogP contribution < -0.4 is 5.32 Å². The molecule has 78 valence electrons. The molecule has 0 bridgehead atoms. The second-order valence-corrected chi connectivity index (χ2v) is 3.05. The van der Waals surface area contributed by atoms with E-state index in [0.717, 1.165) is 13.8 Å². The molecule has 0 radical (unpaired) electrons. The Labute approximate surface area is 74.3 Å². The summed E-state index contributed by atoms with van der Waals surface area (Å²) in [7, 11) is 0. The smallest absolute Gasteiger partial charge is 0.344 e. The van der Waals surface area contributed by atoms with Crippen LogP contribution in [0.15, 0.2) is 0 Å². The molecule has 0 heterocycles. The van der Waals surface area contributed by atoms with Gasteiger partial charge in [-0.25, -0.2) is 0 Å². The topological polar surface area (TPSA) is 38.3 Å². The van der Waals surface area contributed by atoms with Gasteiger partial charge in [0.25, 0.3) is 0 Å². The second-order valence-electron chi connectivity index (χ2n) is 3.05. The Hall–Kier alpha value is -0.780. The minimum atomic E-state index is -4.45. The number of rotatable bonds is 4. The van der Waals surface area contributed by atoms with Crippen molar-refractivity contribution in [3.05, 3.63) is 0 Å². The minimum absolute atomic E-state index is 0.289. The molecule has 0 aromatic carbocycles. The minimum Gasteiger partial charge on any atom is -0.344 e. The van der Waals surface area contributed by atoms with E-state index in [1.54, 1.807) is 0 Å². The van der Waals surface area contributed by atoms with E-state index in [-0.39, 0.29) is 6.41 Å². The molecule has 3 nitrogen and oxygen atoms in total. The van der Waals surface area contributed by atoms with Crippen LogP contribution >= 0.6 is 0 Å². The first-order valence-electron chi connectivity index (χ1n) is 3.65. The molecule has 13 heavy (non-hydrogen) atoms. The van der Waals surface area contributed by atoms with Crippen LogP contribution in [0.4, 0.5) is 13.2 Å². The molecule has 0 rings (SSSR count). The van der Waals surface area contributed by atoms with E-state index in [0.29, 0.717) is 0 Å². The Bertz CT molecular complexity index is 179. The number of carbonyl (C=O) groups excluding carboxylic acids is 1. The van der Waals surface area contributed by atoms with Crippen LogP contribution in [0.1, 0.15) is 20.8 Å². The van der Waals surface area contributed by atoms with E-state index >= 15 is 0 Å². The Kier molecular flexibility index (Phi) is 3.71. The van der Waals surface area contributed by atoms with Crippen LogP contribution in [0.5, 0.6) is 0 Å². The predicted octanol–water partition coefficient (Wildman–Crippen LogP) is 1.44. The summed E-state index contributed by atoms with van der Waals surface area (Å²) in [4.78, 5) is 9.88. The van der Waals surface area contributed by atoms with Gasteiger partial charge in [0, 0.05) is 0 Å². The fraction of sp³-hybridized carbons (Fsp3) is 0.857. The number of halogens is 3. The number of nitrogens with one attached hydrogen (secondary N) is 1. The highest BCUT2D eigenvalue weighted by atomic mass is 19.4. The van der Waals surface area contributed by atoms with Crippen molar-refractivity contribution in [1.29, 1.82) is 0 Å². The molecule has 0 aromatic heterocycles. The van der Waals surface area contributed by atoms with Gasteiger partial charge >= 0.3 is 6.18 Å². The lowest BCUT2D eigenvalue weighted by molar-refractivity contribution is -0.277. The lowest BCUT2D eigenvalue weighted by Crippen LogP contribution is -2.47. The Morgan fingerprint density at radius 3 is 2.15 bits per heavy atom. The number of carbonyl (C=O) groups is 1. The third-order valence-corrected chi connectivity index (χ3v) is 1.46. The number of alkyl halides is 3. The summed E-state index contributed by atoms with van der Waals surface area (Å²) in [6, 6.07) is 0. The van der Waals surface area contributed by atoms with Gasteiger partial charge in [-0.2, -0.15) is 13.2 Å². The van der Waals surface area contributed by atoms with E-state index in [1.165, 1.54) is 6.92 Å².